The van der Waals surface area contributed by atoms with Crippen LogP contribution in [0.15, 0.2) is 29.2 Å². The van der Waals surface area contributed by atoms with Crippen LogP contribution in [0.4, 0.5) is 4.79 Å². The van der Waals surface area contributed by atoms with Crippen LogP contribution in [0, 0.1) is 24.7 Å². The molecule has 0 radical (unpaired) electrons. The highest BCUT2D eigenvalue weighted by Crippen LogP contribution is 2.37. The van der Waals surface area contributed by atoms with E-state index in [4.69, 9.17) is 14.2 Å². The van der Waals surface area contributed by atoms with Gasteiger partial charge in [-0.25, -0.2) is 17.9 Å². The number of hydrogen-bond acceptors (Lipinski definition) is 14. The van der Waals surface area contributed by atoms with Crippen LogP contribution in [-0.2, 0) is 29.0 Å². The lowest BCUT2D eigenvalue weighted by Crippen LogP contribution is -2.59. The molecule has 3 rings (SSSR count). The highest BCUT2D eigenvalue weighted by molar-refractivity contribution is 7.90. The van der Waals surface area contributed by atoms with Gasteiger partial charge in [0.05, 0.1) is 34.7 Å². The molecule has 2 heterocycles. The number of urea groups is 1. The van der Waals surface area contributed by atoms with Crippen LogP contribution in [0.1, 0.15) is 86.6 Å². The Bertz CT molecular complexity index is 1580. The number of likely N-dealkylation sites (N-methyl/N-ethyl adjacent to an activating group) is 1. The van der Waals surface area contributed by atoms with Crippen molar-refractivity contribution in [1.82, 2.24) is 19.8 Å². The standard InChI is InChI=1S/C40H70N4O12S/c1-12-31-40(9,51)34(47)28(7)44(19-15-18-41-38(49)42-57(52,53)30-17-14-13-16-24(30)3)22-23(2)21-39(8,50)35(26(5)32(45)27(6)36(48)55-31)56-37-33(46)29(43(10)11)20-25(4)54-37/h13-14,16-17,23,25-29,31-35,37,45-47,50-51H,12,15,18-22H2,1-11H3,(H2,41,42,49)/t23-,25+,26-,27+,28-,29+,31-,32+,33+,34-,35-,37-,39-,40-/m1/s1. The van der Waals surface area contributed by atoms with Gasteiger partial charge in [0.1, 0.15) is 23.9 Å². The molecular formula is C40H70N4O12S. The van der Waals surface area contributed by atoms with Crippen molar-refractivity contribution in [3.8, 4) is 0 Å². The first-order valence-electron chi connectivity index (χ1n) is 20.1. The summed E-state index contributed by atoms with van der Waals surface area (Å²) < 4.78 is 46.0. The molecule has 2 aliphatic heterocycles. The van der Waals surface area contributed by atoms with E-state index in [-0.39, 0.29) is 55.4 Å². The Kier molecular flexibility index (Phi) is 17.3. The molecule has 2 amide bonds. The minimum Gasteiger partial charge on any atom is -0.459 e. The van der Waals surface area contributed by atoms with Gasteiger partial charge in [-0.1, -0.05) is 39.0 Å². The fourth-order valence-electron chi connectivity index (χ4n) is 8.45. The molecule has 2 saturated heterocycles. The van der Waals surface area contributed by atoms with Crippen molar-refractivity contribution in [2.24, 2.45) is 17.8 Å². The van der Waals surface area contributed by atoms with Crippen LogP contribution >= 0.6 is 0 Å². The molecule has 2 aliphatic rings. The number of esters is 1. The van der Waals surface area contributed by atoms with E-state index >= 15 is 0 Å². The molecule has 0 saturated carbocycles. The molecule has 7 N–H and O–H groups in total. The normalized spacial score (nSPS) is 38.2. The van der Waals surface area contributed by atoms with E-state index in [2.05, 4.69) is 5.32 Å². The van der Waals surface area contributed by atoms with Crippen LogP contribution in [0.2, 0.25) is 0 Å². The fourth-order valence-corrected chi connectivity index (χ4v) is 9.63. The van der Waals surface area contributed by atoms with Crippen molar-refractivity contribution in [3.63, 3.8) is 0 Å². The third-order valence-corrected chi connectivity index (χ3v) is 13.3. The first kappa shape index (κ1) is 48.9. The first-order chi connectivity index (χ1) is 26.3. The minimum absolute atomic E-state index is 0.0155. The Morgan fingerprint density at radius 3 is 2.28 bits per heavy atom. The first-order valence-corrected chi connectivity index (χ1v) is 21.6. The number of aliphatic hydroxyl groups excluding tert-OH is 3. The van der Waals surface area contributed by atoms with Gasteiger partial charge in [0, 0.05) is 37.6 Å². The minimum atomic E-state index is -4.12. The number of amides is 2. The number of cyclic esters (lactones) is 1. The second-order valence-electron chi connectivity index (χ2n) is 17.2. The van der Waals surface area contributed by atoms with E-state index in [9.17, 15) is 43.5 Å². The summed E-state index contributed by atoms with van der Waals surface area (Å²) in [4.78, 5) is 30.1. The number of nitrogens with zero attached hydrogens (tertiary/aromatic N) is 2. The van der Waals surface area contributed by atoms with Gasteiger partial charge in [0.25, 0.3) is 10.0 Å². The molecule has 328 valence electrons. The summed E-state index contributed by atoms with van der Waals surface area (Å²) in [7, 11) is -0.429. The second kappa shape index (κ2) is 20.2. The van der Waals surface area contributed by atoms with Crippen molar-refractivity contribution >= 4 is 22.0 Å². The maximum Gasteiger partial charge on any atom is 0.328 e. The number of aliphatic hydroxyl groups is 5. The highest BCUT2D eigenvalue weighted by atomic mass is 32.2. The Morgan fingerprint density at radius 2 is 1.68 bits per heavy atom. The smallest absolute Gasteiger partial charge is 0.328 e. The molecule has 0 unspecified atom stereocenters. The van der Waals surface area contributed by atoms with E-state index < -0.39 is 87.9 Å². The van der Waals surface area contributed by atoms with Gasteiger partial charge in [-0.05, 0) is 98.9 Å². The molecule has 17 heteroatoms. The van der Waals surface area contributed by atoms with Gasteiger partial charge in [0.15, 0.2) is 6.29 Å². The summed E-state index contributed by atoms with van der Waals surface area (Å²) >= 11 is 0. The monoisotopic (exact) mass is 830 g/mol. The van der Waals surface area contributed by atoms with Crippen molar-refractivity contribution in [2.45, 2.75) is 159 Å². The number of aryl methyl sites for hydroxylation is 1. The summed E-state index contributed by atoms with van der Waals surface area (Å²) in [5.41, 5.74) is -3.11. The van der Waals surface area contributed by atoms with Gasteiger partial charge in [-0.3, -0.25) is 9.69 Å². The lowest BCUT2D eigenvalue weighted by molar-refractivity contribution is -0.299. The average Bonchev–Trinajstić information content (AvgIpc) is 3.12. The maximum absolute atomic E-state index is 13.6. The number of nitrogens with one attached hydrogen (secondary N) is 2. The number of ether oxygens (including phenoxy) is 3. The van der Waals surface area contributed by atoms with Gasteiger partial charge >= 0.3 is 12.0 Å². The van der Waals surface area contributed by atoms with Gasteiger partial charge in [-0.15, -0.1) is 0 Å². The molecule has 1 aromatic rings. The largest absolute Gasteiger partial charge is 0.459 e. The van der Waals surface area contributed by atoms with Crippen LogP contribution in [-0.4, -0.2) is 156 Å². The van der Waals surface area contributed by atoms with Gasteiger partial charge in [-0.2, -0.15) is 0 Å². The Labute approximate surface area is 339 Å². The van der Waals surface area contributed by atoms with Crippen molar-refractivity contribution < 1.29 is 57.8 Å². The summed E-state index contributed by atoms with van der Waals surface area (Å²) in [6.45, 7) is 15.5. The number of carbonyl (C=O) groups is 2. The number of rotatable bonds is 10. The lowest BCUT2D eigenvalue weighted by Gasteiger charge is -2.46. The summed E-state index contributed by atoms with van der Waals surface area (Å²) in [6, 6.07) is 4.34. The van der Waals surface area contributed by atoms with E-state index in [1.807, 2.05) is 42.5 Å². The molecular weight excluding hydrogens is 761 g/mol. The predicted octanol–water partition coefficient (Wildman–Crippen LogP) is 1.73. The molecule has 14 atom stereocenters. The van der Waals surface area contributed by atoms with Crippen molar-refractivity contribution in [1.29, 1.82) is 0 Å². The van der Waals surface area contributed by atoms with E-state index in [1.165, 1.54) is 19.9 Å². The summed E-state index contributed by atoms with van der Waals surface area (Å²) in [5, 5.41) is 61.4. The zero-order chi connectivity index (χ0) is 43.2. The average molecular weight is 831 g/mol. The molecule has 0 spiro atoms. The van der Waals surface area contributed by atoms with E-state index in [1.54, 1.807) is 52.8 Å². The quantitative estimate of drug-likeness (QED) is 0.132. The predicted molar refractivity (Wildman–Crippen MR) is 213 cm³/mol. The Morgan fingerprint density at radius 1 is 1.05 bits per heavy atom. The van der Waals surface area contributed by atoms with Crippen LogP contribution < -0.4 is 10.0 Å². The Hall–Kier alpha value is -2.45. The van der Waals surface area contributed by atoms with Crippen LogP contribution in [0.3, 0.4) is 0 Å². The molecule has 1 aromatic carbocycles. The molecule has 57 heavy (non-hydrogen) atoms. The van der Waals surface area contributed by atoms with Crippen LogP contribution in [0.25, 0.3) is 0 Å². The maximum atomic E-state index is 13.6. The second-order valence-corrected chi connectivity index (χ2v) is 18.8. The van der Waals surface area contributed by atoms with Gasteiger partial charge in [0.2, 0.25) is 0 Å². The Balaban J connectivity index is 1.92. The molecule has 2 fully saturated rings. The SMILES string of the molecule is CC[C@H]1OC(=O)[C@@H](C)[C@@H](O)[C@@H](C)[C@@H](O[C@H]2O[C@@H](C)C[C@H](N(C)C)[C@@H]2O)[C@](C)(O)C[C@@H](C)CN(CCCNC(=O)NS(=O)(=O)c2ccccc2C)[C@H](C)[C@@H](O)[C@]1(C)O. The lowest BCUT2D eigenvalue weighted by atomic mass is 9.78. The van der Waals surface area contributed by atoms with Crippen molar-refractivity contribution in [3.05, 3.63) is 29.8 Å². The van der Waals surface area contributed by atoms with E-state index in [0.29, 0.717) is 18.4 Å². The zero-order valence-electron chi connectivity index (χ0n) is 35.6. The molecule has 16 nitrogen and oxygen atoms in total. The third kappa shape index (κ3) is 12.3. The van der Waals surface area contributed by atoms with Crippen LogP contribution in [0.5, 0.6) is 0 Å². The summed E-state index contributed by atoms with van der Waals surface area (Å²) in [5.74, 6) is -3.15. The topological polar surface area (TPSA) is 228 Å². The zero-order valence-corrected chi connectivity index (χ0v) is 36.4. The molecule has 0 aliphatic carbocycles. The fraction of sp³-hybridized carbons (Fsp3) is 0.800. The highest BCUT2D eigenvalue weighted by Gasteiger charge is 2.50. The van der Waals surface area contributed by atoms with Crippen molar-refractivity contribution in [2.75, 3.05) is 33.7 Å². The third-order valence-electron chi connectivity index (χ3n) is 11.8. The summed E-state index contributed by atoms with van der Waals surface area (Å²) in [6.07, 6.45) is -6.59. The molecule has 0 bridgehead atoms. The number of benzene rings is 1. The number of sulfonamides is 1. The number of carbonyl (C=O) groups excluding carboxylic acids is 2. The molecule has 0 aromatic heterocycles. The number of hydrogen-bond donors (Lipinski definition) is 7. The van der Waals surface area contributed by atoms with Gasteiger partial charge < -0.3 is 50.0 Å². The van der Waals surface area contributed by atoms with E-state index in [0.717, 1.165) is 0 Å².